The predicted octanol–water partition coefficient (Wildman–Crippen LogP) is 1.72. The zero-order valence-electron chi connectivity index (χ0n) is 14.9. The zero-order valence-corrected chi connectivity index (χ0v) is 16.5. The Hall–Kier alpha value is -1.96. The van der Waals surface area contributed by atoms with E-state index in [0.29, 0.717) is 24.9 Å². The number of carbonyl (C=O) groups is 2. The molecule has 0 spiro atoms. The summed E-state index contributed by atoms with van der Waals surface area (Å²) in [4.78, 5) is 24.8. The first-order valence-corrected chi connectivity index (χ1v) is 10.8. The van der Waals surface area contributed by atoms with E-state index in [1.165, 1.54) is 4.31 Å². The molecule has 0 radical (unpaired) electrons. The molecule has 1 N–H and O–H groups in total. The summed E-state index contributed by atoms with van der Waals surface area (Å²) < 4.78 is 29.7. The van der Waals surface area contributed by atoms with Crippen molar-refractivity contribution in [2.45, 2.75) is 26.7 Å². The molecule has 1 aromatic rings. The number of hydrogen-bond acceptors (Lipinski definition) is 7. The molecule has 2 rings (SSSR count). The molecule has 142 valence electrons. The summed E-state index contributed by atoms with van der Waals surface area (Å²) in [6, 6.07) is 2.00. The third kappa shape index (κ3) is 4.41. The summed E-state index contributed by atoms with van der Waals surface area (Å²) in [5.41, 5.74) is 0.690. The van der Waals surface area contributed by atoms with Crippen LogP contribution in [-0.2, 0) is 19.6 Å². The van der Waals surface area contributed by atoms with Gasteiger partial charge in [-0.1, -0.05) is 0 Å². The van der Waals surface area contributed by atoms with Crippen LogP contribution in [0.4, 0.5) is 5.00 Å². The minimum Gasteiger partial charge on any atom is -0.462 e. The minimum absolute atomic E-state index is 0.113. The smallest absolute Gasteiger partial charge is 0.348 e. The Morgan fingerprint density at radius 2 is 2.15 bits per heavy atom. The Bertz CT molecular complexity index is 854. The number of nitrogens with zero attached hydrogens (tertiary/aromatic N) is 2. The molecule has 0 saturated carbocycles. The van der Waals surface area contributed by atoms with Crippen LogP contribution in [0.2, 0.25) is 0 Å². The molecule has 0 bridgehead atoms. The van der Waals surface area contributed by atoms with Crippen LogP contribution in [0.3, 0.4) is 0 Å². The van der Waals surface area contributed by atoms with Crippen LogP contribution >= 0.6 is 11.3 Å². The van der Waals surface area contributed by atoms with Crippen molar-refractivity contribution in [1.29, 1.82) is 5.26 Å². The summed E-state index contributed by atoms with van der Waals surface area (Å²) in [5.74, 6) is -1.39. The number of nitriles is 1. The third-order valence-electron chi connectivity index (χ3n) is 4.18. The Morgan fingerprint density at radius 1 is 1.46 bits per heavy atom. The summed E-state index contributed by atoms with van der Waals surface area (Å²) >= 11 is 0.997. The van der Waals surface area contributed by atoms with Crippen molar-refractivity contribution in [2.75, 3.05) is 31.3 Å². The highest BCUT2D eigenvalue weighted by Gasteiger charge is 2.31. The Balaban J connectivity index is 2.20. The van der Waals surface area contributed by atoms with Crippen LogP contribution in [0.15, 0.2) is 0 Å². The van der Waals surface area contributed by atoms with Crippen LogP contribution in [0, 0.1) is 24.2 Å². The van der Waals surface area contributed by atoms with E-state index >= 15 is 0 Å². The number of nitrogens with one attached hydrogen (secondary N) is 1. The third-order valence-corrected chi connectivity index (χ3v) is 6.64. The van der Waals surface area contributed by atoms with Gasteiger partial charge in [0.1, 0.15) is 15.9 Å². The van der Waals surface area contributed by atoms with Crippen molar-refractivity contribution in [3.05, 3.63) is 16.0 Å². The van der Waals surface area contributed by atoms with Crippen molar-refractivity contribution in [3.63, 3.8) is 0 Å². The van der Waals surface area contributed by atoms with E-state index in [1.807, 2.05) is 6.07 Å². The van der Waals surface area contributed by atoms with E-state index in [2.05, 4.69) is 5.32 Å². The maximum absolute atomic E-state index is 12.6. The van der Waals surface area contributed by atoms with Gasteiger partial charge in [0.2, 0.25) is 15.9 Å². The fourth-order valence-corrected chi connectivity index (χ4v) is 4.76. The summed E-state index contributed by atoms with van der Waals surface area (Å²) in [7, 11) is -3.36. The van der Waals surface area contributed by atoms with E-state index in [-0.39, 0.29) is 34.5 Å². The average Bonchev–Trinajstić information content (AvgIpc) is 2.90. The van der Waals surface area contributed by atoms with E-state index in [4.69, 9.17) is 4.74 Å². The normalized spacial score (nSPS) is 18.2. The molecule has 1 unspecified atom stereocenters. The van der Waals surface area contributed by atoms with Crippen LogP contribution in [-0.4, -0.2) is 50.6 Å². The molecule has 1 aliphatic rings. The minimum atomic E-state index is -3.36. The molecule has 1 fully saturated rings. The lowest BCUT2D eigenvalue weighted by Gasteiger charge is -2.29. The fraction of sp³-hybridized carbons (Fsp3) is 0.562. The van der Waals surface area contributed by atoms with Gasteiger partial charge in [0.25, 0.3) is 0 Å². The maximum atomic E-state index is 12.6. The largest absolute Gasteiger partial charge is 0.462 e. The molecule has 26 heavy (non-hydrogen) atoms. The van der Waals surface area contributed by atoms with Crippen molar-refractivity contribution in [3.8, 4) is 6.07 Å². The second-order valence-corrected chi connectivity index (χ2v) is 9.05. The molecular weight excluding hydrogens is 378 g/mol. The van der Waals surface area contributed by atoms with Gasteiger partial charge in [-0.05, 0) is 32.3 Å². The SMILES string of the molecule is CCOC(=O)c1sc(NC(=O)C2CCCN(S(C)(=O)=O)C2)c(C#N)c1C. The van der Waals surface area contributed by atoms with Gasteiger partial charge in [-0.2, -0.15) is 5.26 Å². The monoisotopic (exact) mass is 399 g/mol. The highest BCUT2D eigenvalue weighted by Crippen LogP contribution is 2.34. The average molecular weight is 399 g/mol. The number of esters is 1. The zero-order chi connectivity index (χ0) is 19.5. The Morgan fingerprint density at radius 3 is 2.73 bits per heavy atom. The summed E-state index contributed by atoms with van der Waals surface area (Å²) in [6.45, 7) is 4.04. The van der Waals surface area contributed by atoms with Gasteiger partial charge in [0.15, 0.2) is 0 Å². The van der Waals surface area contributed by atoms with Gasteiger partial charge in [-0.25, -0.2) is 17.5 Å². The molecule has 0 aromatic carbocycles. The number of hydrogen-bond donors (Lipinski definition) is 1. The Kier molecular flexibility index (Phi) is 6.39. The maximum Gasteiger partial charge on any atom is 0.348 e. The molecule has 1 saturated heterocycles. The van der Waals surface area contributed by atoms with Crippen molar-refractivity contribution in [1.82, 2.24) is 4.31 Å². The Labute approximate surface area is 156 Å². The second kappa shape index (κ2) is 8.16. The first kappa shape index (κ1) is 20.4. The molecule has 8 nitrogen and oxygen atoms in total. The molecule has 2 heterocycles. The van der Waals surface area contributed by atoms with Gasteiger partial charge >= 0.3 is 5.97 Å². The quantitative estimate of drug-likeness (QED) is 0.754. The number of ether oxygens (including phenoxy) is 1. The van der Waals surface area contributed by atoms with Gasteiger partial charge in [0.05, 0.1) is 24.3 Å². The number of rotatable bonds is 5. The number of piperidine rings is 1. The van der Waals surface area contributed by atoms with Crippen molar-refractivity contribution >= 4 is 38.2 Å². The summed E-state index contributed by atoms with van der Waals surface area (Å²) in [5, 5.41) is 12.3. The number of sulfonamides is 1. The lowest BCUT2D eigenvalue weighted by atomic mass is 9.99. The molecule has 1 atom stereocenters. The topological polar surface area (TPSA) is 117 Å². The van der Waals surface area contributed by atoms with Gasteiger partial charge in [0, 0.05) is 13.1 Å². The van der Waals surface area contributed by atoms with Crippen LogP contribution in [0.5, 0.6) is 0 Å². The molecule has 10 heteroatoms. The number of amides is 1. The van der Waals surface area contributed by atoms with E-state index in [9.17, 15) is 23.3 Å². The van der Waals surface area contributed by atoms with Crippen LogP contribution in [0.25, 0.3) is 0 Å². The highest BCUT2D eigenvalue weighted by atomic mass is 32.2. The highest BCUT2D eigenvalue weighted by molar-refractivity contribution is 7.88. The van der Waals surface area contributed by atoms with E-state index in [1.54, 1.807) is 13.8 Å². The van der Waals surface area contributed by atoms with Crippen LogP contribution < -0.4 is 5.32 Å². The van der Waals surface area contributed by atoms with Crippen molar-refractivity contribution in [2.24, 2.45) is 5.92 Å². The van der Waals surface area contributed by atoms with Gasteiger partial charge in [-0.15, -0.1) is 11.3 Å². The van der Waals surface area contributed by atoms with Crippen LogP contribution in [0.1, 0.15) is 40.6 Å². The number of anilines is 1. The van der Waals surface area contributed by atoms with Crippen molar-refractivity contribution < 1.29 is 22.7 Å². The lowest BCUT2D eigenvalue weighted by Crippen LogP contribution is -2.43. The first-order chi connectivity index (χ1) is 12.2. The lowest BCUT2D eigenvalue weighted by molar-refractivity contribution is -0.120. The molecule has 1 aromatic heterocycles. The standard InChI is InChI=1S/C16H21N3O5S2/c1-4-24-16(21)13-10(2)12(8-17)15(25-13)18-14(20)11-6-5-7-19(9-11)26(3,22)23/h11H,4-7,9H2,1-3H3,(H,18,20). The second-order valence-electron chi connectivity index (χ2n) is 6.04. The van der Waals surface area contributed by atoms with Gasteiger partial charge < -0.3 is 10.1 Å². The van der Waals surface area contributed by atoms with E-state index < -0.39 is 21.9 Å². The molecule has 1 aliphatic heterocycles. The first-order valence-electron chi connectivity index (χ1n) is 8.15. The molecule has 1 amide bonds. The molecular formula is C16H21N3O5S2. The molecule has 0 aliphatic carbocycles. The number of thiophene rings is 1. The summed E-state index contributed by atoms with van der Waals surface area (Å²) in [6.07, 6.45) is 2.28. The number of carbonyl (C=O) groups excluding carboxylic acids is 2. The fourth-order valence-electron chi connectivity index (χ4n) is 2.80. The predicted molar refractivity (Wildman–Crippen MR) is 97.5 cm³/mol. The van der Waals surface area contributed by atoms with Gasteiger partial charge in [-0.3, -0.25) is 4.79 Å². The van der Waals surface area contributed by atoms with E-state index in [0.717, 1.165) is 17.6 Å².